The zero-order valence-corrected chi connectivity index (χ0v) is 16.4. The van der Waals surface area contributed by atoms with Crippen LogP contribution in [0.5, 0.6) is 5.75 Å². The number of nitrogens with zero attached hydrogens (tertiary/aromatic N) is 1. The molecule has 0 aliphatic carbocycles. The fourth-order valence-electron chi connectivity index (χ4n) is 3.79. The van der Waals surface area contributed by atoms with Gasteiger partial charge in [-0.15, -0.1) is 0 Å². The average Bonchev–Trinajstić information content (AvgIpc) is 3.18. The molecule has 0 amide bonds. The SMILES string of the molecule is COc1ccccc1-c1cc2c3ccccc3ccc2n1OC(=O)c1ccccc1. The van der Waals surface area contributed by atoms with E-state index in [0.717, 1.165) is 32.9 Å². The largest absolute Gasteiger partial charge is 0.496 e. The van der Waals surface area contributed by atoms with Gasteiger partial charge in [-0.1, -0.05) is 60.7 Å². The number of carbonyl (C=O) groups excluding carboxylic acids is 1. The highest BCUT2D eigenvalue weighted by molar-refractivity contribution is 6.08. The van der Waals surface area contributed by atoms with E-state index in [0.29, 0.717) is 11.3 Å². The summed E-state index contributed by atoms with van der Waals surface area (Å²) in [6.45, 7) is 0. The molecule has 0 atom stereocenters. The molecule has 0 spiro atoms. The molecule has 5 rings (SSSR count). The summed E-state index contributed by atoms with van der Waals surface area (Å²) in [6.07, 6.45) is 0. The van der Waals surface area contributed by atoms with Gasteiger partial charge in [0.25, 0.3) is 0 Å². The van der Waals surface area contributed by atoms with Crippen molar-refractivity contribution in [3.05, 3.63) is 103 Å². The quantitative estimate of drug-likeness (QED) is 0.391. The van der Waals surface area contributed by atoms with Crippen molar-refractivity contribution in [3.63, 3.8) is 0 Å². The molecular formula is C26H19NO3. The summed E-state index contributed by atoms with van der Waals surface area (Å²) in [4.78, 5) is 18.8. The number of para-hydroxylation sites is 1. The maximum Gasteiger partial charge on any atom is 0.363 e. The highest BCUT2D eigenvalue weighted by Crippen LogP contribution is 2.36. The third-order valence-electron chi connectivity index (χ3n) is 5.23. The van der Waals surface area contributed by atoms with E-state index < -0.39 is 5.97 Å². The molecule has 0 radical (unpaired) electrons. The number of rotatable bonds is 4. The normalized spacial score (nSPS) is 11.0. The number of aromatic nitrogens is 1. The van der Waals surface area contributed by atoms with Crippen molar-refractivity contribution in [2.75, 3.05) is 7.11 Å². The molecule has 0 unspecified atom stereocenters. The standard InChI is InChI=1S/C26H19NO3/c1-29-25-14-8-7-13-21(25)24-17-22-20-12-6-5-9-18(20)15-16-23(22)27(24)30-26(28)19-10-3-2-4-11-19/h2-17H,1H3. The zero-order chi connectivity index (χ0) is 20.5. The number of methoxy groups -OCH3 is 1. The third-order valence-corrected chi connectivity index (χ3v) is 5.23. The summed E-state index contributed by atoms with van der Waals surface area (Å²) in [6, 6.07) is 31.0. The molecule has 0 fully saturated rings. The Labute approximate surface area is 173 Å². The summed E-state index contributed by atoms with van der Waals surface area (Å²) >= 11 is 0. The average molecular weight is 393 g/mol. The number of hydrogen-bond acceptors (Lipinski definition) is 3. The van der Waals surface area contributed by atoms with E-state index in [2.05, 4.69) is 12.1 Å². The number of ether oxygens (including phenoxy) is 1. The van der Waals surface area contributed by atoms with Gasteiger partial charge in [0.15, 0.2) is 0 Å². The van der Waals surface area contributed by atoms with E-state index in [1.807, 2.05) is 72.8 Å². The molecule has 5 aromatic rings. The lowest BCUT2D eigenvalue weighted by molar-refractivity contribution is 0.0489. The lowest BCUT2D eigenvalue weighted by Gasteiger charge is -2.13. The Bertz CT molecular complexity index is 1370. The minimum Gasteiger partial charge on any atom is -0.496 e. The molecule has 30 heavy (non-hydrogen) atoms. The second-order valence-electron chi connectivity index (χ2n) is 6.99. The maximum absolute atomic E-state index is 12.9. The molecule has 0 aliphatic heterocycles. The Morgan fingerprint density at radius 1 is 0.767 bits per heavy atom. The van der Waals surface area contributed by atoms with Crippen molar-refractivity contribution in [2.45, 2.75) is 0 Å². The molecule has 1 aromatic heterocycles. The number of hydrogen-bond donors (Lipinski definition) is 0. The van der Waals surface area contributed by atoms with Crippen molar-refractivity contribution >= 4 is 27.6 Å². The Kier molecular flexibility index (Phi) is 4.45. The Morgan fingerprint density at radius 3 is 2.33 bits per heavy atom. The molecule has 0 aliphatic rings. The zero-order valence-electron chi connectivity index (χ0n) is 16.4. The van der Waals surface area contributed by atoms with Crippen LogP contribution in [0.2, 0.25) is 0 Å². The summed E-state index contributed by atoms with van der Waals surface area (Å²) < 4.78 is 7.18. The number of carbonyl (C=O) groups is 1. The minimum atomic E-state index is -0.419. The van der Waals surface area contributed by atoms with Gasteiger partial charge in [0.05, 0.1) is 23.9 Å². The van der Waals surface area contributed by atoms with Gasteiger partial charge in [0.2, 0.25) is 0 Å². The van der Waals surface area contributed by atoms with E-state index in [4.69, 9.17) is 9.57 Å². The van der Waals surface area contributed by atoms with E-state index in [9.17, 15) is 4.79 Å². The van der Waals surface area contributed by atoms with Crippen molar-refractivity contribution in [1.29, 1.82) is 0 Å². The molecule has 0 saturated carbocycles. The highest BCUT2D eigenvalue weighted by Gasteiger charge is 2.19. The molecule has 0 N–H and O–H groups in total. The topological polar surface area (TPSA) is 40.5 Å². The molecule has 4 heteroatoms. The molecule has 0 saturated heterocycles. The van der Waals surface area contributed by atoms with Crippen LogP contribution in [0.3, 0.4) is 0 Å². The van der Waals surface area contributed by atoms with E-state index in [1.54, 1.807) is 24.0 Å². The Hall–Kier alpha value is -4.05. The molecule has 0 bridgehead atoms. The van der Waals surface area contributed by atoms with Crippen LogP contribution < -0.4 is 9.57 Å². The maximum atomic E-state index is 12.9. The minimum absolute atomic E-state index is 0.419. The number of fused-ring (bicyclic) bond motifs is 3. The van der Waals surface area contributed by atoms with Crippen LogP contribution in [0.1, 0.15) is 10.4 Å². The second-order valence-corrected chi connectivity index (χ2v) is 6.99. The van der Waals surface area contributed by atoms with Gasteiger partial charge < -0.3 is 9.57 Å². The Balaban J connectivity index is 1.76. The highest BCUT2D eigenvalue weighted by atomic mass is 16.7. The second kappa shape index (κ2) is 7.41. The van der Waals surface area contributed by atoms with Crippen LogP contribution in [0, 0.1) is 0 Å². The van der Waals surface area contributed by atoms with Gasteiger partial charge >= 0.3 is 5.97 Å². The summed E-state index contributed by atoms with van der Waals surface area (Å²) in [5, 5.41) is 3.23. The van der Waals surface area contributed by atoms with E-state index in [-0.39, 0.29) is 0 Å². The summed E-state index contributed by atoms with van der Waals surface area (Å²) in [5.74, 6) is 0.291. The van der Waals surface area contributed by atoms with Gasteiger partial charge in [-0.2, -0.15) is 4.73 Å². The first kappa shape index (κ1) is 18.0. The fourth-order valence-corrected chi connectivity index (χ4v) is 3.79. The monoisotopic (exact) mass is 393 g/mol. The molecular weight excluding hydrogens is 374 g/mol. The molecule has 4 aromatic carbocycles. The van der Waals surface area contributed by atoms with E-state index >= 15 is 0 Å². The molecule has 146 valence electrons. The van der Waals surface area contributed by atoms with E-state index in [1.165, 1.54) is 0 Å². The first-order valence-corrected chi connectivity index (χ1v) is 9.70. The van der Waals surface area contributed by atoms with Gasteiger partial charge in [-0.25, -0.2) is 4.79 Å². The van der Waals surface area contributed by atoms with Gasteiger partial charge in [0.1, 0.15) is 5.75 Å². The van der Waals surface area contributed by atoms with Crippen molar-refractivity contribution in [2.24, 2.45) is 0 Å². The van der Waals surface area contributed by atoms with Gasteiger partial charge in [-0.05, 0) is 47.2 Å². The van der Waals surface area contributed by atoms with Crippen LogP contribution in [0.25, 0.3) is 32.9 Å². The lowest BCUT2D eigenvalue weighted by atomic mass is 10.1. The van der Waals surface area contributed by atoms with Crippen LogP contribution in [0.15, 0.2) is 97.1 Å². The molecule has 4 nitrogen and oxygen atoms in total. The molecule has 1 heterocycles. The summed E-state index contributed by atoms with van der Waals surface area (Å²) in [5.41, 5.74) is 2.91. The van der Waals surface area contributed by atoms with Crippen molar-refractivity contribution in [3.8, 4) is 17.0 Å². The fraction of sp³-hybridized carbons (Fsp3) is 0.0385. The van der Waals surface area contributed by atoms with Gasteiger partial charge in [0, 0.05) is 10.9 Å². The first-order chi connectivity index (χ1) is 14.8. The van der Waals surface area contributed by atoms with Crippen LogP contribution in [-0.2, 0) is 0 Å². The number of benzene rings is 4. The van der Waals surface area contributed by atoms with Crippen LogP contribution in [-0.4, -0.2) is 17.8 Å². The van der Waals surface area contributed by atoms with Crippen molar-refractivity contribution in [1.82, 2.24) is 4.73 Å². The smallest absolute Gasteiger partial charge is 0.363 e. The van der Waals surface area contributed by atoms with Gasteiger partial charge in [-0.3, -0.25) is 0 Å². The lowest BCUT2D eigenvalue weighted by Crippen LogP contribution is -2.20. The summed E-state index contributed by atoms with van der Waals surface area (Å²) in [7, 11) is 1.64. The third kappa shape index (κ3) is 2.99. The predicted molar refractivity (Wildman–Crippen MR) is 119 cm³/mol. The predicted octanol–water partition coefficient (Wildman–Crippen LogP) is 5.74. The van der Waals surface area contributed by atoms with Crippen LogP contribution in [0.4, 0.5) is 0 Å². The van der Waals surface area contributed by atoms with Crippen molar-refractivity contribution < 1.29 is 14.4 Å². The Morgan fingerprint density at radius 2 is 1.50 bits per heavy atom. The van der Waals surface area contributed by atoms with Crippen LogP contribution >= 0.6 is 0 Å². The first-order valence-electron chi connectivity index (χ1n) is 9.70.